The molecule has 0 atom stereocenters. The van der Waals surface area contributed by atoms with Crippen LogP contribution in [0, 0.1) is 34.6 Å². The van der Waals surface area contributed by atoms with Gasteiger partial charge in [-0.25, -0.2) is 0 Å². The molecule has 68 valence electrons. The average Bonchev–Trinajstić information content (AvgIpc) is 2.08. The number of benzene rings is 1. The molecule has 0 bridgehead atoms. The molecule has 2 heteroatoms. The first-order valence-corrected chi connectivity index (χ1v) is 4.67. The van der Waals surface area contributed by atoms with Crippen molar-refractivity contribution in [1.29, 1.82) is 0 Å². The molecular formula is C11H16SZn. The van der Waals surface area contributed by atoms with Crippen LogP contribution in [0.2, 0.25) is 0 Å². The third-order valence-corrected chi connectivity index (χ3v) is 3.63. The van der Waals surface area contributed by atoms with Crippen molar-refractivity contribution >= 4 is 12.6 Å². The molecular weight excluding hydrogens is 230 g/mol. The minimum absolute atomic E-state index is 0. The van der Waals surface area contributed by atoms with Gasteiger partial charge in [-0.3, -0.25) is 0 Å². The summed E-state index contributed by atoms with van der Waals surface area (Å²) in [6, 6.07) is 0. The Hall–Kier alpha value is 0.193. The van der Waals surface area contributed by atoms with E-state index in [4.69, 9.17) is 0 Å². The second kappa shape index (κ2) is 4.62. The van der Waals surface area contributed by atoms with Crippen molar-refractivity contribution in [2.24, 2.45) is 0 Å². The van der Waals surface area contributed by atoms with Crippen molar-refractivity contribution in [1.82, 2.24) is 0 Å². The van der Waals surface area contributed by atoms with Crippen LogP contribution in [0.25, 0.3) is 0 Å². The third kappa shape index (κ3) is 2.16. The monoisotopic (exact) mass is 244 g/mol. The molecule has 0 fully saturated rings. The minimum atomic E-state index is 0. The van der Waals surface area contributed by atoms with E-state index < -0.39 is 0 Å². The molecule has 0 aliphatic heterocycles. The Morgan fingerprint density at radius 2 is 0.846 bits per heavy atom. The van der Waals surface area contributed by atoms with Crippen molar-refractivity contribution in [2.75, 3.05) is 0 Å². The molecule has 0 unspecified atom stereocenters. The normalized spacial score (nSPS) is 9.69. The van der Waals surface area contributed by atoms with Gasteiger partial charge in [0.25, 0.3) is 0 Å². The van der Waals surface area contributed by atoms with Crippen molar-refractivity contribution < 1.29 is 19.5 Å². The molecule has 1 rings (SSSR count). The van der Waals surface area contributed by atoms with E-state index in [1.54, 1.807) is 0 Å². The average molecular weight is 246 g/mol. The van der Waals surface area contributed by atoms with Gasteiger partial charge in [-0.15, -0.1) is 12.6 Å². The third-order valence-electron chi connectivity index (χ3n) is 2.96. The van der Waals surface area contributed by atoms with Gasteiger partial charge >= 0.3 is 0 Å². The fourth-order valence-corrected chi connectivity index (χ4v) is 1.82. The van der Waals surface area contributed by atoms with Gasteiger partial charge in [0.05, 0.1) is 0 Å². The molecule has 0 saturated carbocycles. The van der Waals surface area contributed by atoms with E-state index >= 15 is 0 Å². The smallest absolute Gasteiger partial charge is 0.0104 e. The van der Waals surface area contributed by atoms with Crippen LogP contribution in [-0.2, 0) is 19.5 Å². The Labute approximate surface area is 99.3 Å². The maximum absolute atomic E-state index is 4.50. The Kier molecular flexibility index (Phi) is 4.68. The Morgan fingerprint density at radius 1 is 0.615 bits per heavy atom. The van der Waals surface area contributed by atoms with Gasteiger partial charge in [0.2, 0.25) is 0 Å². The van der Waals surface area contributed by atoms with Crippen LogP contribution in [0.5, 0.6) is 0 Å². The molecule has 0 N–H and O–H groups in total. The van der Waals surface area contributed by atoms with Crippen LogP contribution in [-0.4, -0.2) is 0 Å². The second-order valence-electron chi connectivity index (χ2n) is 3.47. The summed E-state index contributed by atoms with van der Waals surface area (Å²) in [6.07, 6.45) is 0. The van der Waals surface area contributed by atoms with E-state index in [0.717, 1.165) is 4.90 Å². The number of hydrogen-bond donors (Lipinski definition) is 1. The summed E-state index contributed by atoms with van der Waals surface area (Å²) in [7, 11) is 0. The van der Waals surface area contributed by atoms with Crippen molar-refractivity contribution in [3.05, 3.63) is 27.8 Å². The van der Waals surface area contributed by atoms with Crippen molar-refractivity contribution in [2.45, 2.75) is 39.5 Å². The van der Waals surface area contributed by atoms with Gasteiger partial charge in [0, 0.05) is 24.4 Å². The van der Waals surface area contributed by atoms with E-state index in [1.807, 2.05) is 0 Å². The summed E-state index contributed by atoms with van der Waals surface area (Å²) in [4.78, 5) is 1.15. The largest absolute Gasteiger partial charge is 0.143 e. The van der Waals surface area contributed by atoms with Gasteiger partial charge in [-0.2, -0.15) is 0 Å². The van der Waals surface area contributed by atoms with E-state index in [1.165, 1.54) is 27.8 Å². The van der Waals surface area contributed by atoms with E-state index in [0.29, 0.717) is 0 Å². The summed E-state index contributed by atoms with van der Waals surface area (Å²) < 4.78 is 0. The van der Waals surface area contributed by atoms with Crippen LogP contribution in [0.4, 0.5) is 0 Å². The van der Waals surface area contributed by atoms with Gasteiger partial charge < -0.3 is 0 Å². The van der Waals surface area contributed by atoms with Crippen molar-refractivity contribution in [3.63, 3.8) is 0 Å². The zero-order valence-corrected chi connectivity index (χ0v) is 13.0. The fraction of sp³-hybridized carbons (Fsp3) is 0.455. The maximum atomic E-state index is 4.50. The summed E-state index contributed by atoms with van der Waals surface area (Å²) in [5.41, 5.74) is 6.80. The van der Waals surface area contributed by atoms with Crippen LogP contribution < -0.4 is 0 Å². The number of hydrogen-bond acceptors (Lipinski definition) is 1. The van der Waals surface area contributed by atoms with Gasteiger partial charge in [0.15, 0.2) is 0 Å². The first kappa shape index (κ1) is 13.2. The predicted molar refractivity (Wildman–Crippen MR) is 57.4 cm³/mol. The number of rotatable bonds is 0. The molecule has 0 aliphatic rings. The summed E-state index contributed by atoms with van der Waals surface area (Å²) in [5, 5.41) is 0. The van der Waals surface area contributed by atoms with E-state index in [-0.39, 0.29) is 19.5 Å². The molecule has 0 nitrogen and oxygen atoms in total. The second-order valence-corrected chi connectivity index (χ2v) is 3.92. The molecule has 13 heavy (non-hydrogen) atoms. The molecule has 0 amide bonds. The van der Waals surface area contributed by atoms with E-state index in [9.17, 15) is 0 Å². The SMILES string of the molecule is Cc1c(C)c(C)c(S)c(C)c1C.[Zn]. The van der Waals surface area contributed by atoms with Gasteiger partial charge in [0.1, 0.15) is 0 Å². The standard InChI is InChI=1S/C11H16S.Zn/c1-6-7(2)9(4)11(12)10(5)8(6)3;/h12H,1-5H3;. The van der Waals surface area contributed by atoms with Crippen LogP contribution >= 0.6 is 12.6 Å². The summed E-state index contributed by atoms with van der Waals surface area (Å²) >= 11 is 4.50. The minimum Gasteiger partial charge on any atom is -0.143 e. The fourth-order valence-electron chi connectivity index (χ4n) is 1.48. The molecule has 0 spiro atoms. The first-order chi connectivity index (χ1) is 5.46. The quantitative estimate of drug-likeness (QED) is 0.525. The topological polar surface area (TPSA) is 0 Å². The molecule has 0 aromatic heterocycles. The van der Waals surface area contributed by atoms with Gasteiger partial charge in [-0.05, 0) is 62.4 Å². The Morgan fingerprint density at radius 3 is 1.15 bits per heavy atom. The molecule has 0 aliphatic carbocycles. The predicted octanol–water partition coefficient (Wildman–Crippen LogP) is 3.51. The van der Waals surface area contributed by atoms with Crippen LogP contribution in [0.1, 0.15) is 27.8 Å². The maximum Gasteiger partial charge on any atom is 0.0104 e. The Bertz CT molecular complexity index is 224. The summed E-state index contributed by atoms with van der Waals surface area (Å²) in [6.45, 7) is 10.8. The zero-order valence-electron chi connectivity index (χ0n) is 9.15. The molecule has 1 aromatic carbocycles. The van der Waals surface area contributed by atoms with E-state index in [2.05, 4.69) is 47.2 Å². The van der Waals surface area contributed by atoms with Crippen LogP contribution in [0.15, 0.2) is 4.90 Å². The summed E-state index contributed by atoms with van der Waals surface area (Å²) in [5.74, 6) is 0. The van der Waals surface area contributed by atoms with Crippen molar-refractivity contribution in [3.8, 4) is 0 Å². The molecule has 0 saturated heterocycles. The molecule has 0 heterocycles. The Balaban J connectivity index is 0.00000144. The van der Waals surface area contributed by atoms with Gasteiger partial charge in [-0.1, -0.05) is 0 Å². The van der Waals surface area contributed by atoms with Crippen LogP contribution in [0.3, 0.4) is 0 Å². The molecule has 1 aromatic rings. The zero-order chi connectivity index (χ0) is 9.46. The number of thiol groups is 1. The first-order valence-electron chi connectivity index (χ1n) is 4.22. The molecule has 0 radical (unpaired) electrons.